The molecule has 1 aromatic rings. The van der Waals surface area contributed by atoms with Crippen LogP contribution in [0.1, 0.15) is 0 Å². The van der Waals surface area contributed by atoms with E-state index in [4.69, 9.17) is 3.39 Å². The van der Waals surface area contributed by atoms with Gasteiger partial charge in [-0.25, -0.2) is 0 Å². The summed E-state index contributed by atoms with van der Waals surface area (Å²) in [6.45, 7) is 0. The first-order valence-corrected chi connectivity index (χ1v) is 5.91. The van der Waals surface area contributed by atoms with Gasteiger partial charge in [0.1, 0.15) is 0 Å². The predicted octanol–water partition coefficient (Wildman–Crippen LogP) is 0.895. The summed E-state index contributed by atoms with van der Waals surface area (Å²) in [6.07, 6.45) is 0. The van der Waals surface area contributed by atoms with E-state index in [9.17, 15) is 3.02 Å². The molecule has 11 heavy (non-hydrogen) atoms. The molecule has 1 N–H and O–H groups in total. The Labute approximate surface area is 78.9 Å². The van der Waals surface area contributed by atoms with Crippen molar-refractivity contribution in [2.24, 2.45) is 0 Å². The van der Waals surface area contributed by atoms with Gasteiger partial charge in [0.2, 0.25) is 0 Å². The van der Waals surface area contributed by atoms with E-state index in [0.29, 0.717) is 5.75 Å². The number of hydrogen-bond acceptors (Lipinski definition) is 2. The van der Waals surface area contributed by atoms with Crippen LogP contribution in [0.4, 0.5) is 0 Å². The SMILES string of the molecule is Cl.[O]=[Sb]([OH])[O]c1ccccc1. The van der Waals surface area contributed by atoms with Gasteiger partial charge >= 0.3 is 66.5 Å². The maximum absolute atomic E-state index is 10.2. The van der Waals surface area contributed by atoms with Crippen molar-refractivity contribution in [1.82, 2.24) is 0 Å². The molecule has 0 aliphatic rings. The fourth-order valence-corrected chi connectivity index (χ4v) is 1.43. The van der Waals surface area contributed by atoms with Gasteiger partial charge in [0.15, 0.2) is 0 Å². The Hall–Kier alpha value is -0.112. The van der Waals surface area contributed by atoms with Gasteiger partial charge in [0.25, 0.3) is 0 Å². The molecule has 1 rings (SSSR count). The van der Waals surface area contributed by atoms with E-state index in [-0.39, 0.29) is 12.4 Å². The Morgan fingerprint density at radius 2 is 1.82 bits per heavy atom. The van der Waals surface area contributed by atoms with Crippen molar-refractivity contribution in [1.29, 1.82) is 0 Å². The minimum absolute atomic E-state index is 0. The van der Waals surface area contributed by atoms with Crippen LogP contribution in [0, 0.1) is 0 Å². The molecule has 0 amide bonds. The van der Waals surface area contributed by atoms with Gasteiger partial charge in [-0.3, -0.25) is 0 Å². The van der Waals surface area contributed by atoms with Crippen LogP contribution in [0.3, 0.4) is 0 Å². The fourth-order valence-electron chi connectivity index (χ4n) is 0.572. The van der Waals surface area contributed by atoms with Crippen molar-refractivity contribution in [3.05, 3.63) is 30.3 Å². The molecule has 0 aromatic heterocycles. The average molecular weight is 284 g/mol. The zero-order chi connectivity index (χ0) is 7.40. The molecule has 0 fully saturated rings. The molecule has 0 unspecified atom stereocenters. The molecule has 0 aliphatic carbocycles. The van der Waals surface area contributed by atoms with Crippen LogP contribution in [-0.2, 0) is 3.02 Å². The number of para-hydroxylation sites is 1. The molecule has 0 atom stereocenters. The van der Waals surface area contributed by atoms with Crippen molar-refractivity contribution in [3.63, 3.8) is 0 Å². The topological polar surface area (TPSA) is 46.5 Å². The van der Waals surface area contributed by atoms with Crippen LogP contribution in [-0.4, -0.2) is 24.4 Å². The van der Waals surface area contributed by atoms with Crippen molar-refractivity contribution in [2.75, 3.05) is 0 Å². The second-order valence-electron chi connectivity index (χ2n) is 1.64. The molecule has 0 saturated carbocycles. The first-order valence-electron chi connectivity index (χ1n) is 2.68. The molecule has 5 heteroatoms. The Bertz CT molecular complexity index is 227. The molecule has 0 spiro atoms. The number of halogens is 1. The first kappa shape index (κ1) is 10.9. The molecule has 1 radical (unpaired) electrons. The quantitative estimate of drug-likeness (QED) is 0.821. The van der Waals surface area contributed by atoms with Crippen LogP contribution in [0.25, 0.3) is 0 Å². The van der Waals surface area contributed by atoms with E-state index in [1.807, 2.05) is 6.07 Å². The van der Waals surface area contributed by atoms with Crippen LogP contribution in [0.15, 0.2) is 30.3 Å². The predicted molar refractivity (Wildman–Crippen MR) is 43.0 cm³/mol. The fraction of sp³-hybridized carbons (Fsp3) is 0. The van der Waals surface area contributed by atoms with Crippen molar-refractivity contribution in [3.8, 4) is 5.75 Å². The number of hydrogen-bond donors (Lipinski definition) is 1. The summed E-state index contributed by atoms with van der Waals surface area (Å²) in [4.78, 5) is 0. The third-order valence-corrected chi connectivity index (χ3v) is 1.97. The summed E-state index contributed by atoms with van der Waals surface area (Å²) in [7, 11) is 0. The maximum atomic E-state index is 10.2. The summed E-state index contributed by atoms with van der Waals surface area (Å²) in [5.41, 5.74) is 0. The summed E-state index contributed by atoms with van der Waals surface area (Å²) in [5, 5.41) is 0. The van der Waals surface area contributed by atoms with Crippen LogP contribution < -0.4 is 3.02 Å². The summed E-state index contributed by atoms with van der Waals surface area (Å²) in [6, 6.07) is 8.60. The molecule has 61 valence electrons. The number of rotatable bonds is 2. The van der Waals surface area contributed by atoms with E-state index in [1.54, 1.807) is 24.3 Å². The monoisotopic (exact) mass is 283 g/mol. The molecular weight excluding hydrogens is 277 g/mol. The third-order valence-electron chi connectivity index (χ3n) is 0.927. The zero-order valence-electron chi connectivity index (χ0n) is 5.51. The van der Waals surface area contributed by atoms with Gasteiger partial charge in [-0.2, -0.15) is 0 Å². The molecule has 0 aliphatic heterocycles. The van der Waals surface area contributed by atoms with E-state index in [0.717, 1.165) is 0 Å². The normalized spacial score (nSPS) is 8.09. The van der Waals surface area contributed by atoms with Crippen molar-refractivity contribution < 1.29 is 9.42 Å². The van der Waals surface area contributed by atoms with Gasteiger partial charge in [-0.1, -0.05) is 0 Å². The standard InChI is InChI=1S/C6H6O.ClH.H2O.O.Sb/c7-6-4-2-1-3-5-6;;;;/h1-5,7H;1H;1H2;;/q;;;;+2/p-2. The molecule has 0 heterocycles. The van der Waals surface area contributed by atoms with Crippen LogP contribution >= 0.6 is 12.4 Å². The zero-order valence-corrected chi connectivity index (χ0v) is 8.88. The Morgan fingerprint density at radius 3 is 2.27 bits per heavy atom. The van der Waals surface area contributed by atoms with E-state index < -0.39 is 21.0 Å². The average Bonchev–Trinajstić information content (AvgIpc) is 1.88. The van der Waals surface area contributed by atoms with Gasteiger partial charge < -0.3 is 0 Å². The Morgan fingerprint density at radius 1 is 1.27 bits per heavy atom. The molecule has 0 saturated heterocycles. The van der Waals surface area contributed by atoms with Gasteiger partial charge in [0, 0.05) is 0 Å². The molecule has 3 nitrogen and oxygen atoms in total. The molecule has 0 bridgehead atoms. The summed E-state index contributed by atoms with van der Waals surface area (Å²) in [5.74, 6) is 0.461. The van der Waals surface area contributed by atoms with Crippen LogP contribution in [0.2, 0.25) is 0 Å². The second kappa shape index (κ2) is 5.53. The molecule has 1 aromatic carbocycles. The van der Waals surface area contributed by atoms with E-state index in [2.05, 4.69) is 3.02 Å². The summed E-state index contributed by atoms with van der Waals surface area (Å²) >= 11 is -3.52. The molecular formula is C6H7ClO3Sb. The third kappa shape index (κ3) is 4.35. The Kier molecular flexibility index (Phi) is 5.47. The second-order valence-corrected chi connectivity index (χ2v) is 3.52. The number of benzene rings is 1. The van der Waals surface area contributed by atoms with Gasteiger partial charge in [-0.15, -0.1) is 12.4 Å². The minimum atomic E-state index is -3.52. The van der Waals surface area contributed by atoms with Gasteiger partial charge in [0.05, 0.1) is 0 Å². The first-order chi connectivity index (χ1) is 4.79. The summed E-state index contributed by atoms with van der Waals surface area (Å²) < 4.78 is 23.2. The van der Waals surface area contributed by atoms with Gasteiger partial charge in [-0.05, 0) is 0 Å². The van der Waals surface area contributed by atoms with E-state index >= 15 is 0 Å². The Balaban J connectivity index is 0.000001000. The van der Waals surface area contributed by atoms with Crippen molar-refractivity contribution >= 4 is 33.4 Å². The van der Waals surface area contributed by atoms with Crippen molar-refractivity contribution in [2.45, 2.75) is 0 Å². The van der Waals surface area contributed by atoms with Crippen LogP contribution in [0.5, 0.6) is 5.75 Å². The van der Waals surface area contributed by atoms with E-state index in [1.165, 1.54) is 0 Å².